The minimum atomic E-state index is -4.98. The van der Waals surface area contributed by atoms with Gasteiger partial charge in [0.2, 0.25) is 5.91 Å². The van der Waals surface area contributed by atoms with E-state index in [9.17, 15) is 31.1 Å². The Kier molecular flexibility index (Phi) is 8.57. The van der Waals surface area contributed by atoms with Crippen LogP contribution in [-0.4, -0.2) is 36.9 Å². The van der Waals surface area contributed by atoms with E-state index in [0.717, 1.165) is 19.3 Å². The highest BCUT2D eigenvalue weighted by Crippen LogP contribution is 2.42. The largest absolute Gasteiger partial charge is 0.416 e. The zero-order chi connectivity index (χ0) is 27.7. The third-order valence-corrected chi connectivity index (χ3v) is 7.65. The molecule has 38 heavy (non-hydrogen) atoms. The molecule has 2 aromatic carbocycles. The first kappa shape index (κ1) is 29.0. The highest BCUT2D eigenvalue weighted by molar-refractivity contribution is 6.42. The summed E-state index contributed by atoms with van der Waals surface area (Å²) in [6.45, 7) is 0.456. The van der Waals surface area contributed by atoms with Gasteiger partial charge in [-0.15, -0.1) is 0 Å². The summed E-state index contributed by atoms with van der Waals surface area (Å²) >= 11 is 12.3. The summed E-state index contributed by atoms with van der Waals surface area (Å²) in [6, 6.07) is 6.29. The number of amides is 1. The molecule has 12 heteroatoms. The highest BCUT2D eigenvalue weighted by Gasteiger charge is 2.45. The van der Waals surface area contributed by atoms with Crippen LogP contribution in [0.4, 0.5) is 26.3 Å². The number of ether oxygens (including phenoxy) is 2. The molecule has 0 N–H and O–H groups in total. The Bertz CT molecular complexity index is 1130. The minimum absolute atomic E-state index is 0.0229. The molecule has 2 fully saturated rings. The Morgan fingerprint density at radius 3 is 2.24 bits per heavy atom. The van der Waals surface area contributed by atoms with Crippen LogP contribution < -0.4 is 0 Å². The maximum absolute atomic E-state index is 13.3. The van der Waals surface area contributed by atoms with E-state index in [0.29, 0.717) is 35.7 Å². The average Bonchev–Trinajstić information content (AvgIpc) is 3.16. The van der Waals surface area contributed by atoms with Gasteiger partial charge in [0.25, 0.3) is 0 Å². The summed E-state index contributed by atoms with van der Waals surface area (Å²) in [6.07, 6.45) is -7.35. The third kappa shape index (κ3) is 6.76. The molecule has 4 nitrogen and oxygen atoms in total. The van der Waals surface area contributed by atoms with Crippen LogP contribution in [0.25, 0.3) is 0 Å². The van der Waals surface area contributed by atoms with Gasteiger partial charge in [-0.25, -0.2) is 0 Å². The molecule has 208 valence electrons. The zero-order valence-corrected chi connectivity index (χ0v) is 21.6. The molecule has 1 amide bonds. The van der Waals surface area contributed by atoms with Crippen molar-refractivity contribution in [2.45, 2.75) is 62.7 Å². The lowest BCUT2D eigenvalue weighted by Gasteiger charge is -2.31. The average molecular weight is 584 g/mol. The van der Waals surface area contributed by atoms with Crippen LogP contribution in [-0.2, 0) is 38.6 Å². The second-order valence-corrected chi connectivity index (χ2v) is 10.5. The summed E-state index contributed by atoms with van der Waals surface area (Å²) in [4.78, 5) is 14.4. The fourth-order valence-electron chi connectivity index (χ4n) is 4.95. The molecule has 0 bridgehead atoms. The van der Waals surface area contributed by atoms with E-state index in [1.165, 1.54) is 4.90 Å². The van der Waals surface area contributed by atoms with Crippen LogP contribution >= 0.6 is 23.2 Å². The number of halogens is 8. The van der Waals surface area contributed by atoms with Crippen LogP contribution in [0.15, 0.2) is 36.4 Å². The Balaban J connectivity index is 1.60. The van der Waals surface area contributed by atoms with Gasteiger partial charge in [0, 0.05) is 31.5 Å². The van der Waals surface area contributed by atoms with Crippen molar-refractivity contribution in [3.8, 4) is 0 Å². The summed E-state index contributed by atoms with van der Waals surface area (Å²) in [5.74, 6) is -0.407. The predicted molar refractivity (Wildman–Crippen MR) is 129 cm³/mol. The summed E-state index contributed by atoms with van der Waals surface area (Å²) in [5.41, 5.74) is -3.28. The first-order valence-electron chi connectivity index (χ1n) is 12.0. The first-order chi connectivity index (χ1) is 17.8. The molecular weight excluding hydrogens is 559 g/mol. The predicted octanol–water partition coefficient (Wildman–Crippen LogP) is 7.63. The number of carbonyl (C=O) groups excluding carboxylic acids is 1. The smallest absolute Gasteiger partial charge is 0.353 e. The Morgan fingerprint density at radius 1 is 0.974 bits per heavy atom. The Morgan fingerprint density at radius 2 is 1.66 bits per heavy atom. The number of hydrogen-bond acceptors (Lipinski definition) is 3. The van der Waals surface area contributed by atoms with Crippen LogP contribution in [0, 0.1) is 0 Å². The van der Waals surface area contributed by atoms with Gasteiger partial charge in [0.15, 0.2) is 6.29 Å². The monoisotopic (exact) mass is 583 g/mol. The topological polar surface area (TPSA) is 38.8 Å². The molecule has 0 aliphatic carbocycles. The van der Waals surface area contributed by atoms with E-state index in [4.69, 9.17) is 32.7 Å². The van der Waals surface area contributed by atoms with Gasteiger partial charge >= 0.3 is 12.4 Å². The van der Waals surface area contributed by atoms with Gasteiger partial charge in [-0.2, -0.15) is 26.3 Å². The van der Waals surface area contributed by atoms with Crippen molar-refractivity contribution in [2.75, 3.05) is 19.8 Å². The SMILES string of the molecule is O=C1CC(CCOC2CCCCO2)(c2ccc(Cl)c(Cl)c2)CN1Cc1cc(C(F)(F)F)cc(C(F)(F)F)c1. The van der Waals surface area contributed by atoms with Gasteiger partial charge < -0.3 is 14.4 Å². The van der Waals surface area contributed by atoms with Crippen molar-refractivity contribution < 1.29 is 40.6 Å². The lowest BCUT2D eigenvalue weighted by molar-refractivity contribution is -0.164. The number of hydrogen-bond donors (Lipinski definition) is 0. The molecule has 4 rings (SSSR count). The van der Waals surface area contributed by atoms with Crippen molar-refractivity contribution in [2.24, 2.45) is 0 Å². The van der Waals surface area contributed by atoms with E-state index in [-0.39, 0.29) is 42.5 Å². The van der Waals surface area contributed by atoms with Crippen molar-refractivity contribution >= 4 is 29.1 Å². The molecule has 2 aliphatic rings. The molecule has 0 spiro atoms. The number of nitrogens with zero attached hydrogens (tertiary/aromatic N) is 1. The van der Waals surface area contributed by atoms with Gasteiger partial charge in [-0.05, 0) is 67.1 Å². The quantitative estimate of drug-likeness (QED) is 0.314. The fraction of sp³-hybridized carbons (Fsp3) is 0.500. The van der Waals surface area contributed by atoms with Crippen molar-refractivity contribution in [3.63, 3.8) is 0 Å². The van der Waals surface area contributed by atoms with E-state index >= 15 is 0 Å². The number of alkyl halides is 6. The fourth-order valence-corrected chi connectivity index (χ4v) is 5.24. The third-order valence-electron chi connectivity index (χ3n) is 6.91. The zero-order valence-electron chi connectivity index (χ0n) is 20.1. The number of carbonyl (C=O) groups is 1. The first-order valence-corrected chi connectivity index (χ1v) is 12.8. The van der Waals surface area contributed by atoms with Crippen LogP contribution in [0.3, 0.4) is 0 Å². The normalized spacial score (nSPS) is 22.8. The minimum Gasteiger partial charge on any atom is -0.353 e. The molecule has 2 aromatic rings. The van der Waals surface area contributed by atoms with Crippen LogP contribution in [0.1, 0.15) is 54.4 Å². The lowest BCUT2D eigenvalue weighted by atomic mass is 9.77. The van der Waals surface area contributed by atoms with Crippen LogP contribution in [0.5, 0.6) is 0 Å². The molecule has 2 saturated heterocycles. The van der Waals surface area contributed by atoms with Crippen molar-refractivity contribution in [1.29, 1.82) is 0 Å². The van der Waals surface area contributed by atoms with Crippen molar-refractivity contribution in [3.05, 3.63) is 68.7 Å². The molecular formula is C26H25Cl2F6NO3. The molecule has 2 unspecified atom stereocenters. The van der Waals surface area contributed by atoms with E-state index in [1.54, 1.807) is 18.2 Å². The van der Waals surface area contributed by atoms with Crippen molar-refractivity contribution in [1.82, 2.24) is 4.90 Å². The lowest BCUT2D eigenvalue weighted by Crippen LogP contribution is -2.34. The second-order valence-electron chi connectivity index (χ2n) is 9.67. The number of rotatable bonds is 7. The molecule has 2 atom stereocenters. The number of benzene rings is 2. The highest BCUT2D eigenvalue weighted by atomic mass is 35.5. The summed E-state index contributed by atoms with van der Waals surface area (Å²) in [7, 11) is 0. The number of likely N-dealkylation sites (tertiary alicyclic amines) is 1. The van der Waals surface area contributed by atoms with Gasteiger partial charge in [0.05, 0.1) is 27.8 Å². The second kappa shape index (κ2) is 11.2. The van der Waals surface area contributed by atoms with Crippen LogP contribution in [0.2, 0.25) is 10.0 Å². The molecule has 0 aromatic heterocycles. The molecule has 0 radical (unpaired) electrons. The molecule has 2 aliphatic heterocycles. The summed E-state index contributed by atoms with van der Waals surface area (Å²) < 4.78 is 91.5. The van der Waals surface area contributed by atoms with E-state index < -0.39 is 41.3 Å². The van der Waals surface area contributed by atoms with Gasteiger partial charge in [0.1, 0.15) is 0 Å². The maximum atomic E-state index is 13.3. The molecule has 0 saturated carbocycles. The maximum Gasteiger partial charge on any atom is 0.416 e. The standard InChI is InChI=1S/C26H25Cl2F6NO3/c27-20-5-4-17(12-21(20)28)24(6-8-38-23-3-1-2-7-37-23)13-22(36)35(15-24)14-16-9-18(25(29,30)31)11-19(10-16)26(32,33)34/h4-5,9-12,23H,1-3,6-8,13-15H2. The Hall–Kier alpha value is -2.01. The summed E-state index contributed by atoms with van der Waals surface area (Å²) in [5, 5.41) is 0.570. The van der Waals surface area contributed by atoms with Gasteiger partial charge in [-0.3, -0.25) is 4.79 Å². The molecule has 2 heterocycles. The Labute approximate surface area is 225 Å². The van der Waals surface area contributed by atoms with Gasteiger partial charge in [-0.1, -0.05) is 29.3 Å². The van der Waals surface area contributed by atoms with E-state index in [1.807, 2.05) is 0 Å². The van der Waals surface area contributed by atoms with E-state index in [2.05, 4.69) is 0 Å².